The summed E-state index contributed by atoms with van der Waals surface area (Å²) >= 11 is 6.06. The van der Waals surface area contributed by atoms with Gasteiger partial charge in [0.25, 0.3) is 0 Å². The fourth-order valence-electron chi connectivity index (χ4n) is 1.80. The van der Waals surface area contributed by atoms with Gasteiger partial charge in [-0.05, 0) is 12.1 Å². The van der Waals surface area contributed by atoms with Crippen molar-refractivity contribution in [3.8, 4) is 0 Å². The van der Waals surface area contributed by atoms with Crippen LogP contribution >= 0.6 is 11.6 Å². The van der Waals surface area contributed by atoms with E-state index >= 15 is 0 Å². The minimum absolute atomic E-state index is 0.609. The Labute approximate surface area is 103 Å². The molecule has 0 spiro atoms. The van der Waals surface area contributed by atoms with Gasteiger partial charge in [-0.15, -0.1) is 0 Å². The lowest BCUT2D eigenvalue weighted by atomic mass is 10.2. The predicted molar refractivity (Wildman–Crippen MR) is 70.8 cm³/mol. The molecule has 4 heteroatoms. The average molecular weight is 244 g/mol. The van der Waals surface area contributed by atoms with Gasteiger partial charge in [0.15, 0.2) is 0 Å². The van der Waals surface area contributed by atoms with Crippen LogP contribution in [0.3, 0.4) is 0 Å². The lowest BCUT2D eigenvalue weighted by molar-refractivity contribution is 1.32. The van der Waals surface area contributed by atoms with Crippen molar-refractivity contribution in [2.45, 2.75) is 0 Å². The second-order valence-electron chi connectivity index (χ2n) is 3.73. The Bertz CT molecular complexity index is 660. The van der Waals surface area contributed by atoms with Crippen LogP contribution in [-0.4, -0.2) is 9.97 Å². The quantitative estimate of drug-likeness (QED) is 0.715. The number of H-pyrrole nitrogens is 1. The Morgan fingerprint density at radius 1 is 1.12 bits per heavy atom. The fraction of sp³-hybridized carbons (Fsp3) is 0. The first kappa shape index (κ1) is 10.2. The summed E-state index contributed by atoms with van der Waals surface area (Å²) in [7, 11) is 0. The summed E-state index contributed by atoms with van der Waals surface area (Å²) in [6.07, 6.45) is 5.27. The van der Waals surface area contributed by atoms with Gasteiger partial charge in [0.2, 0.25) is 0 Å². The highest BCUT2D eigenvalue weighted by atomic mass is 35.5. The molecule has 0 bridgehead atoms. The largest absolute Gasteiger partial charge is 0.359 e. The SMILES string of the molecule is Clc1cnccc1Nc1c[nH]c2ccccc12. The summed E-state index contributed by atoms with van der Waals surface area (Å²) in [5.74, 6) is 0. The zero-order valence-electron chi connectivity index (χ0n) is 8.94. The van der Waals surface area contributed by atoms with E-state index in [4.69, 9.17) is 11.6 Å². The molecular weight excluding hydrogens is 234 g/mol. The third kappa shape index (κ3) is 1.85. The van der Waals surface area contributed by atoms with Crippen molar-refractivity contribution >= 4 is 33.9 Å². The molecule has 3 nitrogen and oxygen atoms in total. The number of halogens is 1. The highest BCUT2D eigenvalue weighted by Gasteiger charge is 2.04. The molecule has 84 valence electrons. The lowest BCUT2D eigenvalue weighted by Crippen LogP contribution is -1.90. The molecule has 3 rings (SSSR count). The molecule has 1 aromatic carbocycles. The molecule has 0 saturated heterocycles. The van der Waals surface area contributed by atoms with Gasteiger partial charge in [-0.2, -0.15) is 0 Å². The minimum atomic E-state index is 0.609. The van der Waals surface area contributed by atoms with Crippen LogP contribution in [0, 0.1) is 0 Å². The zero-order chi connectivity index (χ0) is 11.7. The number of hydrogen-bond acceptors (Lipinski definition) is 2. The number of nitrogens with one attached hydrogen (secondary N) is 2. The van der Waals surface area contributed by atoms with Crippen LogP contribution in [0.1, 0.15) is 0 Å². The Balaban J connectivity index is 2.03. The molecule has 2 N–H and O–H groups in total. The number of para-hydroxylation sites is 1. The van der Waals surface area contributed by atoms with Gasteiger partial charge in [-0.3, -0.25) is 4.98 Å². The second kappa shape index (κ2) is 4.11. The van der Waals surface area contributed by atoms with Gasteiger partial charge in [0.05, 0.1) is 16.4 Å². The van der Waals surface area contributed by atoms with Crippen molar-refractivity contribution in [3.63, 3.8) is 0 Å². The summed E-state index contributed by atoms with van der Waals surface area (Å²) in [5, 5.41) is 5.04. The van der Waals surface area contributed by atoms with Gasteiger partial charge < -0.3 is 10.3 Å². The molecule has 0 aliphatic heterocycles. The normalized spacial score (nSPS) is 10.6. The number of anilines is 2. The van der Waals surface area contributed by atoms with Crippen molar-refractivity contribution in [1.29, 1.82) is 0 Å². The zero-order valence-corrected chi connectivity index (χ0v) is 9.70. The van der Waals surface area contributed by atoms with Crippen LogP contribution < -0.4 is 5.32 Å². The van der Waals surface area contributed by atoms with Crippen molar-refractivity contribution in [3.05, 3.63) is 53.9 Å². The first-order chi connectivity index (χ1) is 8.34. The van der Waals surface area contributed by atoms with Gasteiger partial charge >= 0.3 is 0 Å². The molecule has 2 aromatic heterocycles. The van der Waals surface area contributed by atoms with Crippen LogP contribution in [0.15, 0.2) is 48.9 Å². The van der Waals surface area contributed by atoms with E-state index in [1.54, 1.807) is 12.4 Å². The van der Waals surface area contributed by atoms with Crippen LogP contribution in [0.5, 0.6) is 0 Å². The van der Waals surface area contributed by atoms with Gasteiger partial charge in [0.1, 0.15) is 0 Å². The molecule has 0 aliphatic carbocycles. The van der Waals surface area contributed by atoms with E-state index in [1.807, 2.05) is 30.5 Å². The highest BCUT2D eigenvalue weighted by molar-refractivity contribution is 6.33. The first-order valence-corrected chi connectivity index (χ1v) is 5.65. The second-order valence-corrected chi connectivity index (χ2v) is 4.14. The maximum atomic E-state index is 6.06. The number of pyridine rings is 1. The fourth-order valence-corrected chi connectivity index (χ4v) is 1.96. The van der Waals surface area contributed by atoms with Crippen LogP contribution in [0.25, 0.3) is 10.9 Å². The number of fused-ring (bicyclic) bond motifs is 1. The third-order valence-electron chi connectivity index (χ3n) is 2.63. The average Bonchev–Trinajstić information content (AvgIpc) is 2.76. The summed E-state index contributed by atoms with van der Waals surface area (Å²) in [6, 6.07) is 9.96. The van der Waals surface area contributed by atoms with Crippen molar-refractivity contribution in [2.24, 2.45) is 0 Å². The van der Waals surface area contributed by atoms with E-state index in [0.29, 0.717) is 5.02 Å². The summed E-state index contributed by atoms with van der Waals surface area (Å²) < 4.78 is 0. The summed E-state index contributed by atoms with van der Waals surface area (Å²) in [4.78, 5) is 7.16. The van der Waals surface area contributed by atoms with Crippen molar-refractivity contribution in [1.82, 2.24) is 9.97 Å². The Morgan fingerprint density at radius 3 is 2.88 bits per heavy atom. The van der Waals surface area contributed by atoms with Crippen LogP contribution in [0.2, 0.25) is 5.02 Å². The number of benzene rings is 1. The van der Waals surface area contributed by atoms with Crippen molar-refractivity contribution < 1.29 is 0 Å². The standard InChI is InChI=1S/C13H10ClN3/c14-10-7-15-6-5-12(10)17-13-8-16-11-4-2-1-3-9(11)13/h1-8,16H,(H,15,17). The number of rotatable bonds is 2. The summed E-state index contributed by atoms with van der Waals surface area (Å²) in [5.41, 5.74) is 2.96. The smallest absolute Gasteiger partial charge is 0.0824 e. The Kier molecular flexibility index (Phi) is 2.46. The highest BCUT2D eigenvalue weighted by Crippen LogP contribution is 2.29. The van der Waals surface area contributed by atoms with Crippen LogP contribution in [-0.2, 0) is 0 Å². The number of aromatic amines is 1. The lowest BCUT2D eigenvalue weighted by Gasteiger charge is -2.06. The maximum Gasteiger partial charge on any atom is 0.0824 e. The molecule has 0 amide bonds. The molecule has 0 unspecified atom stereocenters. The molecule has 0 saturated carbocycles. The Hall–Kier alpha value is -2.00. The molecule has 0 atom stereocenters. The van der Waals surface area contributed by atoms with E-state index < -0.39 is 0 Å². The van der Waals surface area contributed by atoms with E-state index in [9.17, 15) is 0 Å². The topological polar surface area (TPSA) is 40.7 Å². The van der Waals surface area contributed by atoms with E-state index in [0.717, 1.165) is 22.3 Å². The molecular formula is C13H10ClN3. The third-order valence-corrected chi connectivity index (χ3v) is 2.93. The van der Waals surface area contributed by atoms with E-state index in [-0.39, 0.29) is 0 Å². The number of nitrogens with zero attached hydrogens (tertiary/aromatic N) is 1. The Morgan fingerprint density at radius 2 is 2.00 bits per heavy atom. The van der Waals surface area contributed by atoms with E-state index in [2.05, 4.69) is 21.4 Å². The molecule has 0 fully saturated rings. The van der Waals surface area contributed by atoms with Crippen LogP contribution in [0.4, 0.5) is 11.4 Å². The van der Waals surface area contributed by atoms with Gasteiger partial charge in [-0.25, -0.2) is 0 Å². The predicted octanol–water partition coefficient (Wildman–Crippen LogP) is 3.96. The molecule has 17 heavy (non-hydrogen) atoms. The molecule has 2 heterocycles. The number of aromatic nitrogens is 2. The molecule has 0 radical (unpaired) electrons. The molecule has 0 aliphatic rings. The van der Waals surface area contributed by atoms with E-state index in [1.165, 1.54) is 0 Å². The number of hydrogen-bond donors (Lipinski definition) is 2. The van der Waals surface area contributed by atoms with Gasteiger partial charge in [0, 0.05) is 29.5 Å². The minimum Gasteiger partial charge on any atom is -0.359 e. The monoisotopic (exact) mass is 243 g/mol. The van der Waals surface area contributed by atoms with Gasteiger partial charge in [-0.1, -0.05) is 29.8 Å². The molecule has 3 aromatic rings. The van der Waals surface area contributed by atoms with Crippen molar-refractivity contribution in [2.75, 3.05) is 5.32 Å². The first-order valence-electron chi connectivity index (χ1n) is 5.27. The maximum absolute atomic E-state index is 6.06. The summed E-state index contributed by atoms with van der Waals surface area (Å²) in [6.45, 7) is 0.